The van der Waals surface area contributed by atoms with E-state index >= 15 is 0 Å². The van der Waals surface area contributed by atoms with Crippen molar-refractivity contribution in [1.29, 1.82) is 0 Å². The number of carboxylic acid groups (broad SMARTS) is 1. The summed E-state index contributed by atoms with van der Waals surface area (Å²) in [6.45, 7) is 4.53. The highest BCUT2D eigenvalue weighted by molar-refractivity contribution is 5.87. The fourth-order valence-electron chi connectivity index (χ4n) is 2.73. The second kappa shape index (κ2) is 14.8. The van der Waals surface area contributed by atoms with Gasteiger partial charge in [0.15, 0.2) is 0 Å². The van der Waals surface area contributed by atoms with E-state index in [9.17, 15) is 9.59 Å². The minimum atomic E-state index is -0.921. The van der Waals surface area contributed by atoms with Gasteiger partial charge >= 0.3 is 11.9 Å². The molecule has 0 saturated carbocycles. The zero-order valence-corrected chi connectivity index (χ0v) is 16.2. The molecule has 5 heteroatoms. The molecule has 0 spiro atoms. The van der Waals surface area contributed by atoms with E-state index in [1.165, 1.54) is 44.6 Å². The van der Waals surface area contributed by atoms with E-state index in [4.69, 9.17) is 14.6 Å². The van der Waals surface area contributed by atoms with Crippen molar-refractivity contribution >= 4 is 11.9 Å². The second-order valence-corrected chi connectivity index (χ2v) is 6.59. The molecular weight excluding hydrogens is 344 g/mol. The van der Waals surface area contributed by atoms with Crippen molar-refractivity contribution in [2.24, 2.45) is 0 Å². The molecular formula is C22H32O5. The molecule has 0 radical (unpaired) electrons. The van der Waals surface area contributed by atoms with Crippen LogP contribution >= 0.6 is 0 Å². The zero-order chi connectivity index (χ0) is 19.7. The van der Waals surface area contributed by atoms with Crippen LogP contribution in [-0.2, 0) is 9.53 Å². The molecule has 1 aromatic rings. The van der Waals surface area contributed by atoms with E-state index in [1.54, 1.807) is 24.3 Å². The van der Waals surface area contributed by atoms with Gasteiger partial charge in [-0.25, -0.2) is 9.59 Å². The first kappa shape index (κ1) is 22.7. The van der Waals surface area contributed by atoms with Crippen molar-refractivity contribution in [3.63, 3.8) is 0 Å². The highest BCUT2D eigenvalue weighted by Crippen LogP contribution is 2.14. The van der Waals surface area contributed by atoms with E-state index in [0.717, 1.165) is 31.4 Å². The van der Waals surface area contributed by atoms with E-state index in [-0.39, 0.29) is 11.5 Å². The Kier molecular flexibility index (Phi) is 12.5. The lowest BCUT2D eigenvalue weighted by molar-refractivity contribution is -0.137. The Morgan fingerprint density at radius 3 is 1.78 bits per heavy atom. The van der Waals surface area contributed by atoms with Gasteiger partial charge in [0.1, 0.15) is 5.75 Å². The molecule has 27 heavy (non-hydrogen) atoms. The monoisotopic (exact) mass is 376 g/mol. The van der Waals surface area contributed by atoms with E-state index in [0.29, 0.717) is 13.2 Å². The maximum Gasteiger partial charge on any atom is 0.335 e. The molecule has 0 atom stereocenters. The summed E-state index contributed by atoms with van der Waals surface area (Å²) in [5.74, 6) is -0.536. The van der Waals surface area contributed by atoms with Crippen molar-refractivity contribution in [2.45, 2.75) is 64.2 Å². The second-order valence-electron chi connectivity index (χ2n) is 6.59. The molecule has 0 heterocycles. The molecule has 0 bridgehead atoms. The summed E-state index contributed by atoms with van der Waals surface area (Å²) in [7, 11) is 0. The highest BCUT2D eigenvalue weighted by Gasteiger charge is 2.02. The van der Waals surface area contributed by atoms with Crippen LogP contribution < -0.4 is 4.74 Å². The molecule has 5 nitrogen and oxygen atoms in total. The van der Waals surface area contributed by atoms with Gasteiger partial charge in [0.25, 0.3) is 0 Å². The van der Waals surface area contributed by atoms with Crippen molar-refractivity contribution in [2.75, 3.05) is 13.2 Å². The minimum Gasteiger partial charge on any atom is -0.494 e. The van der Waals surface area contributed by atoms with Crippen molar-refractivity contribution in [3.05, 3.63) is 42.5 Å². The molecule has 0 aliphatic carbocycles. The third-order valence-electron chi connectivity index (χ3n) is 4.32. The highest BCUT2D eigenvalue weighted by atomic mass is 16.5. The van der Waals surface area contributed by atoms with Gasteiger partial charge in [-0.15, -0.1) is 0 Å². The molecule has 0 saturated heterocycles. The Bertz CT molecular complexity index is 550. The first-order valence-electron chi connectivity index (χ1n) is 9.89. The summed E-state index contributed by atoms with van der Waals surface area (Å²) < 4.78 is 10.6. The van der Waals surface area contributed by atoms with Crippen LogP contribution in [0.1, 0.15) is 74.6 Å². The van der Waals surface area contributed by atoms with Gasteiger partial charge in [-0.3, -0.25) is 0 Å². The number of benzene rings is 1. The first-order chi connectivity index (χ1) is 13.1. The van der Waals surface area contributed by atoms with Crippen molar-refractivity contribution < 1.29 is 24.2 Å². The van der Waals surface area contributed by atoms with Crippen molar-refractivity contribution in [1.82, 2.24) is 0 Å². The lowest BCUT2D eigenvalue weighted by Crippen LogP contribution is -2.01. The maximum absolute atomic E-state index is 10.9. The summed E-state index contributed by atoms with van der Waals surface area (Å²) in [5.41, 5.74) is 0.276. The molecule has 150 valence electrons. The first-order valence-corrected chi connectivity index (χ1v) is 9.89. The standard InChI is InChI=1S/C22H32O5/c1-2-21(23)27-18-12-10-8-6-4-3-5-7-9-11-17-26-20-15-13-19(14-16-20)22(24)25/h2,13-16H,1,3-12,17-18H2,(H,24,25). The summed E-state index contributed by atoms with van der Waals surface area (Å²) >= 11 is 0. The van der Waals surface area contributed by atoms with Crippen LogP contribution in [0.4, 0.5) is 0 Å². The Morgan fingerprint density at radius 1 is 0.815 bits per heavy atom. The number of carbonyl (C=O) groups is 2. The lowest BCUT2D eigenvalue weighted by atomic mass is 10.1. The number of ether oxygens (including phenoxy) is 2. The quantitative estimate of drug-likeness (QED) is 0.238. The van der Waals surface area contributed by atoms with E-state index < -0.39 is 5.97 Å². The summed E-state index contributed by atoms with van der Waals surface area (Å²) in [6.07, 6.45) is 12.8. The number of carboxylic acids is 1. The van der Waals surface area contributed by atoms with E-state index in [2.05, 4.69) is 6.58 Å². The Hall–Kier alpha value is -2.30. The number of aromatic carboxylic acids is 1. The molecule has 0 amide bonds. The predicted molar refractivity (Wildman–Crippen MR) is 106 cm³/mol. The third-order valence-corrected chi connectivity index (χ3v) is 4.32. The Morgan fingerprint density at radius 2 is 1.30 bits per heavy atom. The van der Waals surface area contributed by atoms with E-state index in [1.807, 2.05) is 0 Å². The lowest BCUT2D eigenvalue weighted by Gasteiger charge is -2.06. The summed E-state index contributed by atoms with van der Waals surface area (Å²) in [4.78, 5) is 21.6. The topological polar surface area (TPSA) is 72.8 Å². The molecule has 0 aliphatic rings. The molecule has 1 N–H and O–H groups in total. The van der Waals surface area contributed by atoms with Crippen LogP contribution in [0.25, 0.3) is 0 Å². The van der Waals surface area contributed by atoms with Gasteiger partial charge in [0, 0.05) is 6.08 Å². The van der Waals surface area contributed by atoms with Crippen molar-refractivity contribution in [3.8, 4) is 5.75 Å². The predicted octanol–water partition coefficient (Wildman–Crippen LogP) is 5.39. The maximum atomic E-state index is 10.9. The molecule has 0 fully saturated rings. The van der Waals surface area contributed by atoms with Crippen LogP contribution in [0.15, 0.2) is 36.9 Å². The fourth-order valence-corrected chi connectivity index (χ4v) is 2.73. The number of hydrogen-bond acceptors (Lipinski definition) is 4. The Balaban J connectivity index is 1.84. The SMILES string of the molecule is C=CC(=O)OCCCCCCCCCCCCOc1ccc(C(=O)O)cc1. The van der Waals surface area contributed by atoms with Crippen LogP contribution in [-0.4, -0.2) is 30.3 Å². The van der Waals surface area contributed by atoms with Gasteiger partial charge < -0.3 is 14.6 Å². The molecule has 0 unspecified atom stereocenters. The molecule has 0 aliphatic heterocycles. The average molecular weight is 376 g/mol. The third kappa shape index (κ3) is 11.8. The smallest absolute Gasteiger partial charge is 0.335 e. The van der Waals surface area contributed by atoms with Crippen LogP contribution in [0, 0.1) is 0 Å². The number of esters is 1. The minimum absolute atomic E-state index is 0.276. The van der Waals surface area contributed by atoms with Crippen LogP contribution in [0.3, 0.4) is 0 Å². The number of hydrogen-bond donors (Lipinski definition) is 1. The largest absolute Gasteiger partial charge is 0.494 e. The number of carbonyl (C=O) groups excluding carboxylic acids is 1. The zero-order valence-electron chi connectivity index (χ0n) is 16.2. The Labute approximate surface area is 162 Å². The van der Waals surface area contributed by atoms with Gasteiger partial charge in [-0.05, 0) is 37.1 Å². The summed E-state index contributed by atoms with van der Waals surface area (Å²) in [5, 5.41) is 8.84. The fraction of sp³-hybridized carbons (Fsp3) is 0.545. The normalized spacial score (nSPS) is 10.4. The number of rotatable bonds is 16. The average Bonchev–Trinajstić information content (AvgIpc) is 2.68. The number of unbranched alkanes of at least 4 members (excludes halogenated alkanes) is 9. The van der Waals surface area contributed by atoms with Gasteiger partial charge in [0.2, 0.25) is 0 Å². The molecule has 1 rings (SSSR count). The van der Waals surface area contributed by atoms with Gasteiger partial charge in [0.05, 0.1) is 18.8 Å². The van der Waals surface area contributed by atoms with Crippen LogP contribution in [0.2, 0.25) is 0 Å². The molecule has 0 aromatic heterocycles. The van der Waals surface area contributed by atoms with Crippen LogP contribution in [0.5, 0.6) is 5.75 Å². The molecule has 1 aromatic carbocycles. The van der Waals surface area contributed by atoms with Gasteiger partial charge in [-0.2, -0.15) is 0 Å². The van der Waals surface area contributed by atoms with Gasteiger partial charge in [-0.1, -0.05) is 57.9 Å². The summed E-state index contributed by atoms with van der Waals surface area (Å²) in [6, 6.07) is 6.52.